The molecule has 0 aromatic heterocycles. The number of carboxylic acid groups (broad SMARTS) is 1. The van der Waals surface area contributed by atoms with Crippen molar-refractivity contribution in [2.75, 3.05) is 13.7 Å². The lowest BCUT2D eigenvalue weighted by molar-refractivity contribution is -0.142. The highest BCUT2D eigenvalue weighted by Gasteiger charge is 2.23. The van der Waals surface area contributed by atoms with Gasteiger partial charge >= 0.3 is 5.97 Å². The van der Waals surface area contributed by atoms with Gasteiger partial charge < -0.3 is 20.1 Å². The van der Waals surface area contributed by atoms with E-state index >= 15 is 0 Å². The lowest BCUT2D eigenvalue weighted by Gasteiger charge is -2.19. The van der Waals surface area contributed by atoms with Gasteiger partial charge in [-0.3, -0.25) is 10.1 Å². The number of rotatable bonds is 7. The van der Waals surface area contributed by atoms with Gasteiger partial charge in [0.2, 0.25) is 0 Å². The van der Waals surface area contributed by atoms with E-state index in [9.17, 15) is 15.0 Å². The van der Waals surface area contributed by atoms with Gasteiger partial charge in [0.1, 0.15) is 11.8 Å². The van der Waals surface area contributed by atoms with E-state index in [-0.39, 0.29) is 6.54 Å². The summed E-state index contributed by atoms with van der Waals surface area (Å²) in [6.07, 6.45) is -1.90. The first-order chi connectivity index (χ1) is 8.95. The molecule has 0 aliphatic heterocycles. The molecule has 4 N–H and O–H groups in total. The number of carboxylic acids is 1. The largest absolute Gasteiger partial charge is 0.497 e. The van der Waals surface area contributed by atoms with Crippen LogP contribution in [0.25, 0.3) is 0 Å². The van der Waals surface area contributed by atoms with Crippen molar-refractivity contribution < 1.29 is 24.9 Å². The highest BCUT2D eigenvalue weighted by atomic mass is 16.5. The lowest BCUT2D eigenvalue weighted by Crippen LogP contribution is -2.46. The lowest BCUT2D eigenvalue weighted by atomic mass is 10.1. The molecule has 6 nitrogen and oxygen atoms in total. The third kappa shape index (κ3) is 4.51. The fourth-order valence-electron chi connectivity index (χ4n) is 1.65. The maximum Gasteiger partial charge on any atom is 0.323 e. The molecule has 1 aromatic carbocycles. The predicted octanol–water partition coefficient (Wildman–Crippen LogP) is 0.152. The van der Waals surface area contributed by atoms with Gasteiger partial charge in [0.15, 0.2) is 0 Å². The quantitative estimate of drug-likeness (QED) is 0.562. The number of nitrogens with one attached hydrogen (secondary N) is 1. The van der Waals surface area contributed by atoms with Gasteiger partial charge in [-0.1, -0.05) is 12.1 Å². The van der Waals surface area contributed by atoms with Gasteiger partial charge in [-0.05, 0) is 24.6 Å². The van der Waals surface area contributed by atoms with Crippen LogP contribution in [0.5, 0.6) is 5.75 Å². The number of aliphatic hydroxyl groups excluding tert-OH is 2. The Morgan fingerprint density at radius 2 is 1.89 bits per heavy atom. The zero-order chi connectivity index (χ0) is 14.4. The molecule has 0 radical (unpaired) electrons. The molecule has 1 aromatic rings. The number of methoxy groups -OCH3 is 1. The predicted molar refractivity (Wildman–Crippen MR) is 69.1 cm³/mol. The zero-order valence-corrected chi connectivity index (χ0v) is 10.9. The van der Waals surface area contributed by atoms with E-state index in [0.717, 1.165) is 0 Å². The summed E-state index contributed by atoms with van der Waals surface area (Å²) in [6.45, 7) is 1.42. The van der Waals surface area contributed by atoms with Gasteiger partial charge in [-0.15, -0.1) is 0 Å². The molecule has 3 atom stereocenters. The molecule has 0 amide bonds. The van der Waals surface area contributed by atoms with E-state index in [1.807, 2.05) is 0 Å². The Hall–Kier alpha value is -1.63. The van der Waals surface area contributed by atoms with E-state index in [0.29, 0.717) is 11.3 Å². The van der Waals surface area contributed by atoms with Crippen molar-refractivity contribution in [2.45, 2.75) is 25.2 Å². The maximum absolute atomic E-state index is 10.9. The Balaban J connectivity index is 2.58. The number of ether oxygens (including phenoxy) is 1. The summed E-state index contributed by atoms with van der Waals surface area (Å²) in [5, 5.41) is 30.7. The molecule has 6 heteroatoms. The van der Waals surface area contributed by atoms with Crippen molar-refractivity contribution in [2.24, 2.45) is 0 Å². The molecule has 0 saturated carbocycles. The zero-order valence-electron chi connectivity index (χ0n) is 10.9. The van der Waals surface area contributed by atoms with Gasteiger partial charge in [-0.2, -0.15) is 0 Å². The van der Waals surface area contributed by atoms with Crippen molar-refractivity contribution >= 4 is 5.97 Å². The Labute approximate surface area is 111 Å². The fraction of sp³-hybridized carbons (Fsp3) is 0.462. The number of aliphatic carboxylic acids is 1. The van der Waals surface area contributed by atoms with Crippen molar-refractivity contribution in [1.29, 1.82) is 0 Å². The second-order valence-electron chi connectivity index (χ2n) is 4.25. The number of benzene rings is 1. The van der Waals surface area contributed by atoms with Crippen LogP contribution in [0.2, 0.25) is 0 Å². The molecule has 0 aliphatic carbocycles. The maximum atomic E-state index is 10.9. The molecule has 3 unspecified atom stereocenters. The molecule has 0 spiro atoms. The van der Waals surface area contributed by atoms with E-state index in [4.69, 9.17) is 9.84 Å². The van der Waals surface area contributed by atoms with E-state index in [1.165, 1.54) is 6.92 Å². The average molecular weight is 269 g/mol. The molecular formula is C13H19NO5. The van der Waals surface area contributed by atoms with Crippen molar-refractivity contribution in [3.8, 4) is 5.75 Å². The summed E-state index contributed by atoms with van der Waals surface area (Å²) in [4.78, 5) is 10.9. The topological polar surface area (TPSA) is 99.0 Å². The first-order valence-electron chi connectivity index (χ1n) is 5.92. The molecule has 0 aliphatic rings. The standard InChI is InChI=1S/C13H19NO5/c1-8(15)12(13(17)18)14-7-11(16)9-3-5-10(19-2)6-4-9/h3-6,8,11-12,14-16H,7H2,1-2H3,(H,17,18). The fourth-order valence-corrected chi connectivity index (χ4v) is 1.65. The molecule has 0 saturated heterocycles. The minimum absolute atomic E-state index is 0.0359. The minimum Gasteiger partial charge on any atom is -0.497 e. The summed E-state index contributed by atoms with van der Waals surface area (Å²) in [5.74, 6) is -0.478. The van der Waals surface area contributed by atoms with Crippen LogP contribution >= 0.6 is 0 Å². The van der Waals surface area contributed by atoms with Crippen LogP contribution in [-0.4, -0.2) is 47.1 Å². The number of aliphatic hydroxyl groups is 2. The van der Waals surface area contributed by atoms with Crippen LogP contribution in [0.1, 0.15) is 18.6 Å². The molecular weight excluding hydrogens is 250 g/mol. The van der Waals surface area contributed by atoms with Gasteiger partial charge in [0, 0.05) is 6.54 Å². The van der Waals surface area contributed by atoms with Crippen LogP contribution in [-0.2, 0) is 4.79 Å². The van der Waals surface area contributed by atoms with Crippen molar-refractivity contribution in [3.63, 3.8) is 0 Å². The highest BCUT2D eigenvalue weighted by molar-refractivity contribution is 5.74. The normalized spacial score (nSPS) is 15.6. The van der Waals surface area contributed by atoms with Crippen molar-refractivity contribution in [3.05, 3.63) is 29.8 Å². The van der Waals surface area contributed by atoms with Crippen LogP contribution in [0, 0.1) is 0 Å². The van der Waals surface area contributed by atoms with E-state index in [2.05, 4.69) is 5.32 Å². The monoisotopic (exact) mass is 269 g/mol. The van der Waals surface area contributed by atoms with Crippen LogP contribution in [0.4, 0.5) is 0 Å². The molecule has 0 heterocycles. The number of hydrogen-bond acceptors (Lipinski definition) is 5. The SMILES string of the molecule is COc1ccc(C(O)CNC(C(=O)O)C(C)O)cc1. The molecule has 0 fully saturated rings. The smallest absolute Gasteiger partial charge is 0.323 e. The summed E-state index contributed by atoms with van der Waals surface area (Å²) in [5.41, 5.74) is 0.642. The summed E-state index contributed by atoms with van der Waals surface area (Å²) >= 11 is 0. The van der Waals surface area contributed by atoms with Gasteiger partial charge in [0.05, 0.1) is 19.3 Å². The third-order valence-corrected chi connectivity index (χ3v) is 2.78. The van der Waals surface area contributed by atoms with Gasteiger partial charge in [-0.25, -0.2) is 0 Å². The molecule has 0 bridgehead atoms. The number of carbonyl (C=O) groups is 1. The van der Waals surface area contributed by atoms with Gasteiger partial charge in [0.25, 0.3) is 0 Å². The molecule has 106 valence electrons. The van der Waals surface area contributed by atoms with E-state index < -0.39 is 24.2 Å². The molecule has 19 heavy (non-hydrogen) atoms. The Morgan fingerprint density at radius 3 is 2.32 bits per heavy atom. The van der Waals surface area contributed by atoms with Crippen LogP contribution in [0.15, 0.2) is 24.3 Å². The number of hydrogen-bond donors (Lipinski definition) is 4. The Bertz CT molecular complexity index is 404. The van der Waals surface area contributed by atoms with Crippen molar-refractivity contribution in [1.82, 2.24) is 5.32 Å². The first-order valence-corrected chi connectivity index (χ1v) is 5.92. The summed E-state index contributed by atoms with van der Waals surface area (Å²) in [6, 6.07) is 5.71. The molecule has 1 rings (SSSR count). The highest BCUT2D eigenvalue weighted by Crippen LogP contribution is 2.17. The average Bonchev–Trinajstić information content (AvgIpc) is 2.38. The van der Waals surface area contributed by atoms with Crippen LogP contribution in [0.3, 0.4) is 0 Å². The summed E-state index contributed by atoms with van der Waals surface area (Å²) < 4.78 is 5.00. The summed E-state index contributed by atoms with van der Waals surface area (Å²) in [7, 11) is 1.55. The second kappa shape index (κ2) is 7.08. The Kier molecular flexibility index (Phi) is 5.75. The third-order valence-electron chi connectivity index (χ3n) is 2.78. The first kappa shape index (κ1) is 15.4. The second-order valence-corrected chi connectivity index (χ2v) is 4.25. The van der Waals surface area contributed by atoms with Crippen LogP contribution < -0.4 is 10.1 Å². The van der Waals surface area contributed by atoms with E-state index in [1.54, 1.807) is 31.4 Å². The Morgan fingerprint density at radius 1 is 1.32 bits per heavy atom. The minimum atomic E-state index is -1.16.